The van der Waals surface area contributed by atoms with Crippen LogP contribution in [0.15, 0.2) is 24.3 Å². The van der Waals surface area contributed by atoms with E-state index >= 15 is 0 Å². The first-order valence-corrected chi connectivity index (χ1v) is 7.01. The summed E-state index contributed by atoms with van der Waals surface area (Å²) in [6.45, 7) is 0. The summed E-state index contributed by atoms with van der Waals surface area (Å²) in [7, 11) is 0. The third-order valence-corrected chi connectivity index (χ3v) is 4.33. The Morgan fingerprint density at radius 2 is 1.89 bits per heavy atom. The Morgan fingerprint density at radius 1 is 1.32 bits per heavy atom. The van der Waals surface area contributed by atoms with E-state index in [-0.39, 0.29) is 10.9 Å². The number of carbonyl (C=O) groups excluding carboxylic acids is 1. The van der Waals surface area contributed by atoms with E-state index in [1.165, 1.54) is 18.2 Å². The second kappa shape index (κ2) is 6.69. The molecular formula is C11H8Br2F4O2. The number of Topliss-reactive ketones (excluding diaryl/α,β-unsaturated/α-hetero) is 1. The Balaban J connectivity index is 3.06. The molecule has 0 saturated heterocycles. The molecule has 1 unspecified atom stereocenters. The predicted molar refractivity (Wildman–Crippen MR) is 68.9 cm³/mol. The molecule has 8 heteroatoms. The first-order valence-electron chi connectivity index (χ1n) is 4.98. The molecule has 1 atom stereocenters. The Morgan fingerprint density at radius 3 is 2.42 bits per heavy atom. The van der Waals surface area contributed by atoms with Crippen LogP contribution in [0.4, 0.5) is 17.6 Å². The number of ether oxygens (including phenoxy) is 1. The van der Waals surface area contributed by atoms with Crippen molar-refractivity contribution >= 4 is 37.6 Å². The van der Waals surface area contributed by atoms with E-state index in [0.717, 1.165) is 6.07 Å². The van der Waals surface area contributed by atoms with Crippen molar-refractivity contribution in [1.82, 2.24) is 0 Å². The number of hydrogen-bond acceptors (Lipinski definition) is 2. The molecule has 0 aliphatic rings. The van der Waals surface area contributed by atoms with Crippen molar-refractivity contribution in [3.63, 3.8) is 0 Å². The summed E-state index contributed by atoms with van der Waals surface area (Å²) in [6, 6.07) is 5.01. The van der Waals surface area contributed by atoms with Crippen molar-refractivity contribution in [3.05, 3.63) is 29.8 Å². The summed E-state index contributed by atoms with van der Waals surface area (Å²) >= 11 is 6.08. The van der Waals surface area contributed by atoms with Crippen molar-refractivity contribution in [3.8, 4) is 5.75 Å². The molecule has 1 aromatic carbocycles. The smallest absolute Gasteiger partial charge is 0.428 e. The summed E-state index contributed by atoms with van der Waals surface area (Å²) in [6.07, 6.45) is -8.63. The molecule has 106 valence electrons. The SMILES string of the molecule is O=C(c1ccccc1OC(F)(F)C(F)F)C(Br)CBr. The fourth-order valence-corrected chi connectivity index (χ4v) is 1.73. The molecule has 1 rings (SSSR count). The lowest BCUT2D eigenvalue weighted by Crippen LogP contribution is -2.34. The van der Waals surface area contributed by atoms with Crippen molar-refractivity contribution < 1.29 is 27.1 Å². The number of benzene rings is 1. The first-order chi connectivity index (χ1) is 8.79. The van der Waals surface area contributed by atoms with Gasteiger partial charge in [0, 0.05) is 5.33 Å². The molecule has 2 nitrogen and oxygen atoms in total. The van der Waals surface area contributed by atoms with Gasteiger partial charge in [0.05, 0.1) is 10.4 Å². The maximum Gasteiger partial charge on any atom is 0.461 e. The Bertz CT molecular complexity index is 454. The highest BCUT2D eigenvalue weighted by atomic mass is 79.9. The lowest BCUT2D eigenvalue weighted by molar-refractivity contribution is -0.253. The van der Waals surface area contributed by atoms with Crippen LogP contribution in [-0.2, 0) is 0 Å². The lowest BCUT2D eigenvalue weighted by atomic mass is 10.1. The van der Waals surface area contributed by atoms with Crippen LogP contribution in [-0.4, -0.2) is 28.5 Å². The van der Waals surface area contributed by atoms with Gasteiger partial charge in [-0.05, 0) is 12.1 Å². The van der Waals surface area contributed by atoms with Gasteiger partial charge in [-0.15, -0.1) is 0 Å². The van der Waals surface area contributed by atoms with Crippen LogP contribution in [0.1, 0.15) is 10.4 Å². The maximum absolute atomic E-state index is 12.9. The third-order valence-electron chi connectivity index (χ3n) is 2.07. The molecule has 0 heterocycles. The number of rotatable bonds is 6. The van der Waals surface area contributed by atoms with Crippen molar-refractivity contribution in [1.29, 1.82) is 0 Å². The molecular weight excluding hydrogens is 400 g/mol. The minimum atomic E-state index is -4.65. The molecule has 0 amide bonds. The lowest BCUT2D eigenvalue weighted by Gasteiger charge is -2.19. The van der Waals surface area contributed by atoms with E-state index in [0.29, 0.717) is 0 Å². The molecule has 0 fully saturated rings. The minimum Gasteiger partial charge on any atom is -0.428 e. The number of carbonyl (C=O) groups is 1. The van der Waals surface area contributed by atoms with E-state index in [2.05, 4.69) is 36.6 Å². The Kier molecular flexibility index (Phi) is 5.79. The Labute approximate surface area is 123 Å². The highest BCUT2D eigenvalue weighted by Crippen LogP contribution is 2.31. The molecule has 0 bridgehead atoms. The first kappa shape index (κ1) is 16.4. The largest absolute Gasteiger partial charge is 0.461 e. The summed E-state index contributed by atoms with van der Waals surface area (Å²) in [5.74, 6) is -1.12. The zero-order chi connectivity index (χ0) is 14.6. The summed E-state index contributed by atoms with van der Waals surface area (Å²) < 4.78 is 53.8. The van der Waals surface area contributed by atoms with E-state index in [9.17, 15) is 22.4 Å². The van der Waals surface area contributed by atoms with Crippen LogP contribution in [0.5, 0.6) is 5.75 Å². The van der Waals surface area contributed by atoms with E-state index in [1.54, 1.807) is 0 Å². The molecule has 19 heavy (non-hydrogen) atoms. The second-order valence-electron chi connectivity index (χ2n) is 3.45. The van der Waals surface area contributed by atoms with Crippen LogP contribution < -0.4 is 4.74 Å². The van der Waals surface area contributed by atoms with Crippen LogP contribution in [0, 0.1) is 0 Å². The van der Waals surface area contributed by atoms with Gasteiger partial charge < -0.3 is 4.74 Å². The summed E-state index contributed by atoms with van der Waals surface area (Å²) in [5.41, 5.74) is -0.191. The second-order valence-corrected chi connectivity index (χ2v) is 5.20. The van der Waals surface area contributed by atoms with E-state index in [1.807, 2.05) is 0 Å². The van der Waals surface area contributed by atoms with Gasteiger partial charge in [-0.1, -0.05) is 44.0 Å². The number of halogens is 6. The van der Waals surface area contributed by atoms with E-state index in [4.69, 9.17) is 0 Å². The average molecular weight is 408 g/mol. The number of alkyl halides is 6. The molecule has 0 spiro atoms. The average Bonchev–Trinajstić information content (AvgIpc) is 2.37. The highest BCUT2D eigenvalue weighted by molar-refractivity contribution is 9.12. The third kappa shape index (κ3) is 4.17. The van der Waals surface area contributed by atoms with Crippen molar-refractivity contribution in [2.75, 3.05) is 5.33 Å². The molecule has 0 radical (unpaired) electrons. The molecule has 0 aliphatic heterocycles. The van der Waals surface area contributed by atoms with Crippen molar-refractivity contribution in [2.24, 2.45) is 0 Å². The predicted octanol–water partition coefficient (Wildman–Crippen LogP) is 4.26. The van der Waals surface area contributed by atoms with Gasteiger partial charge in [-0.25, -0.2) is 0 Å². The van der Waals surface area contributed by atoms with Gasteiger partial charge in [0.25, 0.3) is 0 Å². The zero-order valence-corrected chi connectivity index (χ0v) is 12.4. The molecule has 0 aromatic heterocycles. The Hall–Kier alpha value is -0.630. The van der Waals surface area contributed by atoms with Gasteiger partial charge in [-0.2, -0.15) is 17.6 Å². The monoisotopic (exact) mass is 406 g/mol. The number of ketones is 1. The normalized spacial score (nSPS) is 13.4. The van der Waals surface area contributed by atoms with Gasteiger partial charge in [0.15, 0.2) is 5.78 Å². The van der Waals surface area contributed by atoms with Crippen LogP contribution in [0.2, 0.25) is 0 Å². The van der Waals surface area contributed by atoms with Gasteiger partial charge >= 0.3 is 12.5 Å². The zero-order valence-electron chi connectivity index (χ0n) is 9.26. The van der Waals surface area contributed by atoms with Gasteiger partial charge in [0.2, 0.25) is 0 Å². The van der Waals surface area contributed by atoms with Gasteiger partial charge in [-0.3, -0.25) is 4.79 Å². The quantitative estimate of drug-likeness (QED) is 0.400. The van der Waals surface area contributed by atoms with Crippen LogP contribution in [0.25, 0.3) is 0 Å². The summed E-state index contributed by atoms with van der Waals surface area (Å²) in [4.78, 5) is 11.2. The molecule has 1 aromatic rings. The van der Waals surface area contributed by atoms with Crippen LogP contribution in [0.3, 0.4) is 0 Å². The molecule has 0 saturated carbocycles. The topological polar surface area (TPSA) is 26.3 Å². The summed E-state index contributed by atoms with van der Waals surface area (Å²) in [5, 5.41) is 0.241. The fraction of sp³-hybridized carbons (Fsp3) is 0.364. The highest BCUT2D eigenvalue weighted by Gasteiger charge is 2.44. The number of para-hydroxylation sites is 1. The van der Waals surface area contributed by atoms with Crippen molar-refractivity contribution in [2.45, 2.75) is 17.4 Å². The van der Waals surface area contributed by atoms with Gasteiger partial charge in [0.1, 0.15) is 5.75 Å². The fourth-order valence-electron chi connectivity index (χ4n) is 1.19. The van der Waals surface area contributed by atoms with E-state index < -0.39 is 28.9 Å². The van der Waals surface area contributed by atoms with Crippen LogP contribution >= 0.6 is 31.9 Å². The molecule has 0 N–H and O–H groups in total. The minimum absolute atomic E-state index is 0.191. The maximum atomic E-state index is 12.9. The molecule has 0 aliphatic carbocycles. The standard InChI is InChI=1S/C11H8Br2F4O2/c12-5-7(13)9(18)6-3-1-2-4-8(6)19-11(16,17)10(14)15/h1-4,7,10H,5H2. The number of hydrogen-bond donors (Lipinski definition) is 0.